The van der Waals surface area contributed by atoms with Gasteiger partial charge in [0.15, 0.2) is 0 Å². The van der Waals surface area contributed by atoms with E-state index in [1.54, 1.807) is 0 Å². The van der Waals surface area contributed by atoms with Crippen molar-refractivity contribution in [3.05, 3.63) is 41.9 Å². The molecule has 3 heteroatoms. The molecule has 0 radical (unpaired) electrons. The van der Waals surface area contributed by atoms with Gasteiger partial charge in [0, 0.05) is 0 Å². The zero-order valence-electron chi connectivity index (χ0n) is 9.20. The van der Waals surface area contributed by atoms with Crippen LogP contribution in [0, 0.1) is 37.5 Å². The van der Waals surface area contributed by atoms with Crippen LogP contribution in [0.5, 0.6) is 0 Å². The molecular formula is C12H17O2U+. The average Bonchev–Trinajstić information content (AvgIpc) is 2.08. The molecule has 0 saturated heterocycles. The summed E-state index contributed by atoms with van der Waals surface area (Å²) in [7, 11) is 0. The van der Waals surface area contributed by atoms with Gasteiger partial charge >= 0.3 is 31.1 Å². The van der Waals surface area contributed by atoms with Gasteiger partial charge < -0.3 is 10.2 Å². The fourth-order valence-corrected chi connectivity index (χ4v) is 1.38. The Kier molecular flexibility index (Phi) is 6.79. The van der Waals surface area contributed by atoms with Crippen LogP contribution in [0.4, 0.5) is 0 Å². The largest absolute Gasteiger partial charge is 2.00 e. The average molecular weight is 431 g/mol. The summed E-state index contributed by atoms with van der Waals surface area (Å²) >= 11 is 0. The Bertz CT molecular complexity index is 288. The Morgan fingerprint density at radius 3 is 2.60 bits per heavy atom. The van der Waals surface area contributed by atoms with Crippen molar-refractivity contribution < 1.29 is 41.3 Å². The fraction of sp³-hybridized carbons (Fsp3) is 0.417. The molecule has 2 unspecified atom stereocenters. The Hall–Kier alpha value is 0.192. The Balaban J connectivity index is 0.00000196. The minimum absolute atomic E-state index is 0. The van der Waals surface area contributed by atoms with Gasteiger partial charge in [-0.15, -0.1) is 0 Å². The van der Waals surface area contributed by atoms with E-state index in [9.17, 15) is 10.2 Å². The fourth-order valence-electron chi connectivity index (χ4n) is 1.38. The van der Waals surface area contributed by atoms with Gasteiger partial charge in [0.1, 0.15) is 0 Å². The molecule has 0 spiro atoms. The first-order chi connectivity index (χ1) is 6.50. The molecule has 0 amide bonds. The standard InChI is InChI=1S/C12H17O2.U/c1-8(2)4-5-10-6-11(13)7-12(14)9(10)3;/h4-5,7,11-14H,3,6H2,1-2H3;/q-1;+2/b10-5+;. The minimum atomic E-state index is -0.712. The van der Waals surface area contributed by atoms with Crippen molar-refractivity contribution >= 4 is 0 Å². The van der Waals surface area contributed by atoms with Gasteiger partial charge in [-0.1, -0.05) is 36.0 Å². The number of hydrogen-bond donors (Lipinski definition) is 2. The maximum atomic E-state index is 9.51. The van der Waals surface area contributed by atoms with Crippen LogP contribution in [0.25, 0.3) is 0 Å². The van der Waals surface area contributed by atoms with Gasteiger partial charge in [0.05, 0.1) is 0 Å². The summed E-state index contributed by atoms with van der Waals surface area (Å²) in [6.07, 6.45) is 4.65. The maximum absolute atomic E-state index is 9.51. The van der Waals surface area contributed by atoms with E-state index in [-0.39, 0.29) is 31.1 Å². The predicted molar refractivity (Wildman–Crippen MR) is 57.6 cm³/mol. The Morgan fingerprint density at radius 1 is 1.47 bits per heavy atom. The van der Waals surface area contributed by atoms with Crippen LogP contribution < -0.4 is 0 Å². The van der Waals surface area contributed by atoms with Crippen molar-refractivity contribution in [2.24, 2.45) is 0 Å². The SMILES string of the molecule is C=C1/C(=C/C=C(C)C)CC(O)[CH-]C1O.[U+2]. The molecule has 15 heavy (non-hydrogen) atoms. The molecule has 2 atom stereocenters. The van der Waals surface area contributed by atoms with E-state index in [4.69, 9.17) is 0 Å². The summed E-state index contributed by atoms with van der Waals surface area (Å²) in [5.74, 6) is 0. The van der Waals surface area contributed by atoms with Crippen molar-refractivity contribution in [3.8, 4) is 0 Å². The van der Waals surface area contributed by atoms with Crippen LogP contribution in [0.3, 0.4) is 0 Å². The minimum Gasteiger partial charge on any atom is -0.425 e. The number of aliphatic hydroxyl groups excluding tert-OH is 2. The first kappa shape index (κ1) is 15.2. The summed E-state index contributed by atoms with van der Waals surface area (Å²) in [6, 6.07) is 0. The summed E-state index contributed by atoms with van der Waals surface area (Å²) in [6.45, 7) is 7.80. The molecular weight excluding hydrogens is 414 g/mol. The summed E-state index contributed by atoms with van der Waals surface area (Å²) < 4.78 is 0. The van der Waals surface area contributed by atoms with Crippen molar-refractivity contribution in [1.29, 1.82) is 0 Å². The molecule has 1 aliphatic carbocycles. The van der Waals surface area contributed by atoms with E-state index in [0.29, 0.717) is 12.0 Å². The molecule has 80 valence electrons. The van der Waals surface area contributed by atoms with Crippen molar-refractivity contribution in [2.45, 2.75) is 32.5 Å². The molecule has 2 N–H and O–H groups in total. The first-order valence-electron chi connectivity index (χ1n) is 4.75. The monoisotopic (exact) mass is 431 g/mol. The molecule has 0 aromatic heterocycles. The summed E-state index contributed by atoms with van der Waals surface area (Å²) in [5, 5.41) is 18.9. The number of rotatable bonds is 1. The molecule has 0 aliphatic heterocycles. The zero-order chi connectivity index (χ0) is 10.7. The third-order valence-corrected chi connectivity index (χ3v) is 2.22. The molecule has 1 saturated carbocycles. The summed E-state index contributed by atoms with van der Waals surface area (Å²) in [4.78, 5) is 0. The van der Waals surface area contributed by atoms with Crippen LogP contribution in [0.2, 0.25) is 0 Å². The van der Waals surface area contributed by atoms with E-state index < -0.39 is 12.2 Å². The Labute approximate surface area is 115 Å². The van der Waals surface area contributed by atoms with E-state index in [1.165, 1.54) is 12.0 Å². The third-order valence-electron chi connectivity index (χ3n) is 2.22. The molecule has 1 rings (SSSR count). The van der Waals surface area contributed by atoms with Gasteiger partial charge in [-0.05, 0) is 31.9 Å². The van der Waals surface area contributed by atoms with Crippen LogP contribution in [-0.2, 0) is 0 Å². The molecule has 0 aromatic rings. The zero-order valence-corrected chi connectivity index (χ0v) is 13.4. The van der Waals surface area contributed by atoms with Crippen molar-refractivity contribution in [1.82, 2.24) is 0 Å². The molecule has 1 fully saturated rings. The normalized spacial score (nSPS) is 28.5. The van der Waals surface area contributed by atoms with Crippen LogP contribution in [0.1, 0.15) is 20.3 Å². The van der Waals surface area contributed by atoms with E-state index >= 15 is 0 Å². The van der Waals surface area contributed by atoms with Crippen molar-refractivity contribution in [2.75, 3.05) is 0 Å². The quantitative estimate of drug-likeness (QED) is 0.622. The topological polar surface area (TPSA) is 40.5 Å². The number of allylic oxidation sites excluding steroid dienone is 3. The van der Waals surface area contributed by atoms with E-state index in [2.05, 4.69) is 6.58 Å². The van der Waals surface area contributed by atoms with Gasteiger partial charge in [-0.2, -0.15) is 0 Å². The summed E-state index contributed by atoms with van der Waals surface area (Å²) in [5.41, 5.74) is 2.80. The first-order valence-corrected chi connectivity index (χ1v) is 4.75. The van der Waals surface area contributed by atoms with E-state index in [0.717, 1.165) is 5.57 Å². The number of aliphatic hydroxyl groups is 2. The maximum Gasteiger partial charge on any atom is 2.00 e. The molecule has 0 bridgehead atoms. The molecule has 1 aliphatic rings. The second-order valence-electron chi connectivity index (χ2n) is 3.87. The van der Waals surface area contributed by atoms with Gasteiger partial charge in [0.25, 0.3) is 0 Å². The van der Waals surface area contributed by atoms with Crippen LogP contribution in [0.15, 0.2) is 35.5 Å². The Morgan fingerprint density at radius 2 is 2.07 bits per heavy atom. The van der Waals surface area contributed by atoms with Gasteiger partial charge in [0.2, 0.25) is 0 Å². The van der Waals surface area contributed by atoms with Gasteiger partial charge in [-0.25, -0.2) is 0 Å². The second-order valence-corrected chi connectivity index (χ2v) is 3.87. The van der Waals surface area contributed by atoms with Gasteiger partial charge in [-0.3, -0.25) is 6.42 Å². The van der Waals surface area contributed by atoms with E-state index in [1.807, 2.05) is 26.0 Å². The molecule has 2 nitrogen and oxygen atoms in total. The second kappa shape index (κ2) is 6.71. The molecule has 0 aromatic carbocycles. The smallest absolute Gasteiger partial charge is 0.425 e. The van der Waals surface area contributed by atoms with Crippen LogP contribution >= 0.6 is 0 Å². The predicted octanol–water partition coefficient (Wildman–Crippen LogP) is 1.76. The van der Waals surface area contributed by atoms with Crippen molar-refractivity contribution in [3.63, 3.8) is 0 Å². The molecule has 0 heterocycles. The third kappa shape index (κ3) is 4.70. The number of hydrogen-bond acceptors (Lipinski definition) is 2. The van der Waals surface area contributed by atoms with Crippen LogP contribution in [-0.4, -0.2) is 22.4 Å².